The van der Waals surface area contributed by atoms with Crippen LogP contribution in [0.15, 0.2) is 42.4 Å². The topological polar surface area (TPSA) is 71.8 Å². The highest BCUT2D eigenvalue weighted by atomic mass is 19.1. The van der Waals surface area contributed by atoms with Gasteiger partial charge in [0.15, 0.2) is 5.82 Å². The highest BCUT2D eigenvalue weighted by Gasteiger charge is 2.42. The van der Waals surface area contributed by atoms with Crippen molar-refractivity contribution in [3.05, 3.63) is 65.0 Å². The summed E-state index contributed by atoms with van der Waals surface area (Å²) >= 11 is 0. The largest absolute Gasteiger partial charge is 0.462 e. The van der Waals surface area contributed by atoms with Gasteiger partial charge in [-0.05, 0) is 76.2 Å². The summed E-state index contributed by atoms with van der Waals surface area (Å²) in [5.74, 6) is -2.08. The number of pyridine rings is 1. The summed E-state index contributed by atoms with van der Waals surface area (Å²) in [4.78, 5) is 43.7. The van der Waals surface area contributed by atoms with Crippen molar-refractivity contribution in [2.75, 3.05) is 31.1 Å². The number of hydrogen-bond donors (Lipinski definition) is 0. The Morgan fingerprint density at radius 3 is 2.12 bits per heavy atom. The average Bonchev–Trinajstić information content (AvgIpc) is 3.88. The molecule has 1 amide bonds. The second kappa shape index (κ2) is 19.4. The normalized spacial score (nSPS) is 18.6. The van der Waals surface area contributed by atoms with Crippen LogP contribution in [0.3, 0.4) is 0 Å². The number of unbranched alkanes of at least 4 members (excludes halogenated alkanes) is 13. The Morgan fingerprint density at radius 1 is 0.843 bits per heavy atom. The van der Waals surface area contributed by atoms with E-state index in [9.17, 15) is 14.4 Å². The number of halogens is 2. The van der Waals surface area contributed by atoms with E-state index in [1.54, 1.807) is 9.47 Å². The summed E-state index contributed by atoms with van der Waals surface area (Å²) in [6.07, 6.45) is 25.2. The van der Waals surface area contributed by atoms with Gasteiger partial charge < -0.3 is 19.1 Å². The molecule has 2 aromatic rings. The third-order valence-corrected chi connectivity index (χ3v) is 11.1. The van der Waals surface area contributed by atoms with E-state index in [-0.39, 0.29) is 52.7 Å². The molecule has 7 nitrogen and oxygen atoms in total. The fraction of sp³-hybridized carbons (Fsp3) is 0.643. The second-order valence-electron chi connectivity index (χ2n) is 15.0. The lowest BCUT2D eigenvalue weighted by atomic mass is 9.91. The van der Waals surface area contributed by atoms with Crippen molar-refractivity contribution in [2.45, 2.75) is 141 Å². The number of esters is 1. The van der Waals surface area contributed by atoms with Crippen LogP contribution in [0.5, 0.6) is 0 Å². The number of piperidine rings is 1. The zero-order valence-electron chi connectivity index (χ0n) is 30.7. The maximum Gasteiger partial charge on any atom is 0.343 e. The summed E-state index contributed by atoms with van der Waals surface area (Å²) in [5, 5.41) is -0.138. The van der Waals surface area contributed by atoms with Gasteiger partial charge in [0.05, 0.1) is 23.6 Å². The van der Waals surface area contributed by atoms with Crippen LogP contribution in [0, 0.1) is 17.6 Å². The number of rotatable bonds is 22. The first-order valence-electron chi connectivity index (χ1n) is 19.9. The molecule has 3 fully saturated rings. The fourth-order valence-electron chi connectivity index (χ4n) is 8.11. The summed E-state index contributed by atoms with van der Waals surface area (Å²) in [5.41, 5.74) is -1.00. The smallest absolute Gasteiger partial charge is 0.343 e. The quantitative estimate of drug-likeness (QED) is 0.0692. The molecular weight excluding hydrogens is 648 g/mol. The number of carbonyl (C=O) groups is 2. The number of allylic oxidation sites excluding steroid dienone is 2. The van der Waals surface area contributed by atoms with Gasteiger partial charge in [0.25, 0.3) is 0 Å². The maximum atomic E-state index is 16.6. The van der Waals surface area contributed by atoms with Crippen molar-refractivity contribution < 1.29 is 23.1 Å². The van der Waals surface area contributed by atoms with Gasteiger partial charge in [-0.15, -0.1) is 13.2 Å². The third-order valence-electron chi connectivity index (χ3n) is 11.1. The molecule has 1 saturated carbocycles. The first-order chi connectivity index (χ1) is 24.8. The lowest BCUT2D eigenvalue weighted by molar-refractivity contribution is -0.135. The molecule has 3 heterocycles. The van der Waals surface area contributed by atoms with Crippen molar-refractivity contribution in [1.29, 1.82) is 0 Å². The average molecular weight is 708 g/mol. The predicted molar refractivity (Wildman–Crippen MR) is 201 cm³/mol. The Hall–Kier alpha value is -3.49. The molecule has 2 atom stereocenters. The van der Waals surface area contributed by atoms with Gasteiger partial charge in [-0.25, -0.2) is 13.6 Å². The van der Waals surface area contributed by atoms with E-state index < -0.39 is 23.0 Å². The van der Waals surface area contributed by atoms with Gasteiger partial charge in [-0.3, -0.25) is 9.59 Å². The van der Waals surface area contributed by atoms with Gasteiger partial charge in [-0.2, -0.15) is 0 Å². The summed E-state index contributed by atoms with van der Waals surface area (Å²) in [6.45, 7) is 9.20. The van der Waals surface area contributed by atoms with Crippen LogP contribution < -0.4 is 10.3 Å². The number of fused-ring (bicyclic) bond motifs is 2. The Kier molecular flexibility index (Phi) is 14.7. The minimum Gasteiger partial charge on any atom is -0.462 e. The number of hydrogen-bond acceptors (Lipinski definition) is 5. The molecule has 2 aliphatic heterocycles. The first-order valence-corrected chi connectivity index (χ1v) is 19.9. The number of ether oxygens (including phenoxy) is 1. The van der Waals surface area contributed by atoms with E-state index in [4.69, 9.17) is 4.74 Å². The van der Waals surface area contributed by atoms with Gasteiger partial charge in [-0.1, -0.05) is 69.9 Å². The number of benzene rings is 1. The van der Waals surface area contributed by atoms with E-state index in [1.807, 2.05) is 17.1 Å². The van der Waals surface area contributed by atoms with Crippen LogP contribution in [0.25, 0.3) is 10.9 Å². The molecule has 280 valence electrons. The minimum absolute atomic E-state index is 0.0378. The minimum atomic E-state index is -0.820. The van der Waals surface area contributed by atoms with Crippen LogP contribution >= 0.6 is 0 Å². The number of amides is 1. The van der Waals surface area contributed by atoms with Gasteiger partial charge in [0.2, 0.25) is 11.3 Å². The highest BCUT2D eigenvalue weighted by molar-refractivity contribution is 5.95. The van der Waals surface area contributed by atoms with E-state index in [0.29, 0.717) is 32.5 Å². The molecule has 0 radical (unpaired) electrons. The van der Waals surface area contributed by atoms with Crippen molar-refractivity contribution in [3.63, 3.8) is 0 Å². The Balaban J connectivity index is 1.22. The van der Waals surface area contributed by atoms with E-state index in [1.165, 1.54) is 44.7 Å². The number of aromatic nitrogens is 1. The fourth-order valence-corrected chi connectivity index (χ4v) is 8.11. The SMILES string of the molecule is C=CCCCCCCCCCOC(=O)c1cn(C2CC2)c2c(F)c(N3CC4CCCN(C(=O)CCCCCCCCC=C)C4C3)c(F)cc2c1=O. The number of nitrogens with zero attached hydrogens (tertiary/aromatic N) is 3. The number of anilines is 1. The van der Waals surface area contributed by atoms with Crippen molar-refractivity contribution >= 4 is 28.5 Å². The molecule has 1 aliphatic carbocycles. The van der Waals surface area contributed by atoms with E-state index in [2.05, 4.69) is 13.2 Å². The third kappa shape index (κ3) is 10.1. The first kappa shape index (κ1) is 38.7. The summed E-state index contributed by atoms with van der Waals surface area (Å²) < 4.78 is 39.7. The summed E-state index contributed by atoms with van der Waals surface area (Å²) in [7, 11) is 0. The maximum absolute atomic E-state index is 16.6. The van der Waals surface area contributed by atoms with Crippen LogP contribution in [-0.2, 0) is 9.53 Å². The molecule has 1 aromatic heterocycles. The van der Waals surface area contributed by atoms with Crippen LogP contribution in [0.1, 0.15) is 145 Å². The van der Waals surface area contributed by atoms with Crippen LogP contribution in [0.4, 0.5) is 14.5 Å². The van der Waals surface area contributed by atoms with Gasteiger partial charge >= 0.3 is 5.97 Å². The molecule has 0 spiro atoms. The Labute approximate surface area is 303 Å². The molecule has 0 bridgehead atoms. The van der Waals surface area contributed by atoms with Gasteiger partial charge in [0, 0.05) is 38.3 Å². The molecule has 2 unspecified atom stereocenters. The van der Waals surface area contributed by atoms with Crippen molar-refractivity contribution in [2.24, 2.45) is 5.92 Å². The molecule has 9 heteroatoms. The van der Waals surface area contributed by atoms with Crippen LogP contribution in [-0.4, -0.2) is 53.6 Å². The molecule has 1 aromatic carbocycles. The molecule has 5 rings (SSSR count). The highest BCUT2D eigenvalue weighted by Crippen LogP contribution is 2.41. The lowest BCUT2D eigenvalue weighted by Gasteiger charge is -2.37. The zero-order chi connectivity index (χ0) is 36.2. The summed E-state index contributed by atoms with van der Waals surface area (Å²) in [6, 6.07) is 0.938. The lowest BCUT2D eigenvalue weighted by Crippen LogP contribution is -2.48. The molecular formula is C42H59F2N3O4. The molecule has 3 aliphatic rings. The predicted octanol–water partition coefficient (Wildman–Crippen LogP) is 9.81. The Morgan fingerprint density at radius 2 is 1.47 bits per heavy atom. The Bertz CT molecular complexity index is 1570. The van der Waals surface area contributed by atoms with Gasteiger partial charge in [0.1, 0.15) is 17.1 Å². The number of carbonyl (C=O) groups excluding carboxylic acids is 2. The molecule has 2 saturated heterocycles. The standard InChI is InChI=1S/C42H59F2N3O4/c1-3-5-7-9-11-13-15-17-19-26-51-42(50)34-29-47(32-23-24-32)39-33(41(34)49)27-35(43)40(38(39)44)45-28-31-21-20-25-46(36(31)30-45)37(48)22-18-16-14-12-10-8-6-4-2/h3-4,27,29,31-32,36H,1-2,5-26,28,30H2. The monoisotopic (exact) mass is 707 g/mol. The zero-order valence-corrected chi connectivity index (χ0v) is 30.7. The van der Waals surface area contributed by atoms with Crippen molar-refractivity contribution in [3.8, 4) is 0 Å². The van der Waals surface area contributed by atoms with E-state index >= 15 is 8.78 Å². The molecule has 51 heavy (non-hydrogen) atoms. The van der Waals surface area contributed by atoms with Crippen molar-refractivity contribution in [1.82, 2.24) is 9.47 Å². The molecule has 0 N–H and O–H groups in total. The second-order valence-corrected chi connectivity index (χ2v) is 15.0. The van der Waals surface area contributed by atoms with Crippen LogP contribution in [0.2, 0.25) is 0 Å². The number of likely N-dealkylation sites (tertiary alicyclic amines) is 1. The van der Waals surface area contributed by atoms with E-state index in [0.717, 1.165) is 83.1 Å².